The number of benzene rings is 2. The molecule has 0 amide bonds. The fourth-order valence-electron chi connectivity index (χ4n) is 3.06. The summed E-state index contributed by atoms with van der Waals surface area (Å²) >= 11 is 0. The highest BCUT2D eigenvalue weighted by Crippen LogP contribution is 2.44. The van der Waals surface area contributed by atoms with Gasteiger partial charge in [0.25, 0.3) is 0 Å². The zero-order valence-corrected chi connectivity index (χ0v) is 15.0. The summed E-state index contributed by atoms with van der Waals surface area (Å²) in [6.07, 6.45) is 0.255. The van der Waals surface area contributed by atoms with Crippen LogP contribution in [0.5, 0.6) is 17.2 Å². The predicted molar refractivity (Wildman–Crippen MR) is 97.2 cm³/mol. The molecule has 0 spiro atoms. The number of fused-ring (bicyclic) bond motifs is 1. The molecular formula is C21H19F3O3. The van der Waals surface area contributed by atoms with Gasteiger partial charge in [0.1, 0.15) is 23.0 Å². The third-order valence-corrected chi connectivity index (χ3v) is 4.39. The number of halogens is 3. The third-order valence-electron chi connectivity index (χ3n) is 4.39. The van der Waals surface area contributed by atoms with Gasteiger partial charge in [0, 0.05) is 29.2 Å². The van der Waals surface area contributed by atoms with Crippen molar-refractivity contribution in [1.29, 1.82) is 0 Å². The van der Waals surface area contributed by atoms with Gasteiger partial charge in [-0.1, -0.05) is 18.2 Å². The standard InChI is InChI=1S/C21H19F3O3/c1-4-5-15-18(25-2)12-19(26-3)16-10-11-17(27-20(15)16)13-6-8-14(9-7-13)21(22,23)24/h4,6-9,11-12H,1,5,10H2,2-3H3. The quantitative estimate of drug-likeness (QED) is 0.652. The van der Waals surface area contributed by atoms with E-state index in [4.69, 9.17) is 14.2 Å². The molecule has 27 heavy (non-hydrogen) atoms. The van der Waals surface area contributed by atoms with E-state index in [1.807, 2.05) is 6.08 Å². The molecule has 1 aliphatic rings. The van der Waals surface area contributed by atoms with Crippen molar-refractivity contribution in [1.82, 2.24) is 0 Å². The van der Waals surface area contributed by atoms with Gasteiger partial charge in [0.15, 0.2) is 0 Å². The molecule has 0 bridgehead atoms. The zero-order valence-electron chi connectivity index (χ0n) is 15.0. The number of rotatable bonds is 5. The van der Waals surface area contributed by atoms with Crippen LogP contribution in [0.4, 0.5) is 13.2 Å². The second-order valence-electron chi connectivity index (χ2n) is 6.01. The Morgan fingerprint density at radius 2 is 1.78 bits per heavy atom. The second-order valence-corrected chi connectivity index (χ2v) is 6.01. The van der Waals surface area contributed by atoms with Crippen LogP contribution in [0.2, 0.25) is 0 Å². The van der Waals surface area contributed by atoms with Crippen molar-refractivity contribution in [3.8, 4) is 17.2 Å². The van der Waals surface area contributed by atoms with Gasteiger partial charge in [0.05, 0.1) is 19.8 Å². The Hall–Kier alpha value is -2.89. The normalized spacial score (nSPS) is 13.3. The topological polar surface area (TPSA) is 27.7 Å². The minimum absolute atomic E-state index is 0.497. The smallest absolute Gasteiger partial charge is 0.416 e. The zero-order chi connectivity index (χ0) is 19.6. The molecule has 0 radical (unpaired) electrons. The van der Waals surface area contributed by atoms with Gasteiger partial charge in [-0.25, -0.2) is 0 Å². The molecule has 0 N–H and O–H groups in total. The summed E-state index contributed by atoms with van der Waals surface area (Å²) in [4.78, 5) is 0. The van der Waals surface area contributed by atoms with E-state index in [-0.39, 0.29) is 0 Å². The number of alkyl halides is 3. The van der Waals surface area contributed by atoms with Crippen molar-refractivity contribution in [2.75, 3.05) is 14.2 Å². The largest absolute Gasteiger partial charge is 0.496 e. The Kier molecular flexibility index (Phi) is 5.17. The molecule has 2 aromatic rings. The summed E-state index contributed by atoms with van der Waals surface area (Å²) in [6.45, 7) is 3.77. The predicted octanol–water partition coefficient (Wildman–Crippen LogP) is 5.43. The number of methoxy groups -OCH3 is 2. The first-order valence-electron chi connectivity index (χ1n) is 8.32. The maximum absolute atomic E-state index is 12.8. The lowest BCUT2D eigenvalue weighted by Gasteiger charge is -2.24. The molecule has 6 heteroatoms. The van der Waals surface area contributed by atoms with E-state index < -0.39 is 11.7 Å². The maximum atomic E-state index is 12.8. The summed E-state index contributed by atoms with van der Waals surface area (Å²) in [5.74, 6) is 2.34. The highest BCUT2D eigenvalue weighted by atomic mass is 19.4. The first kappa shape index (κ1) is 18.9. The minimum atomic E-state index is -4.37. The fourth-order valence-corrected chi connectivity index (χ4v) is 3.06. The van der Waals surface area contributed by atoms with Crippen LogP contribution in [0.15, 0.2) is 49.1 Å². The van der Waals surface area contributed by atoms with Crippen molar-refractivity contribution in [3.63, 3.8) is 0 Å². The Bertz CT molecular complexity index is 881. The summed E-state index contributed by atoms with van der Waals surface area (Å²) in [5, 5.41) is 0. The molecule has 3 nitrogen and oxygen atoms in total. The first-order valence-corrected chi connectivity index (χ1v) is 8.32. The summed E-state index contributed by atoms with van der Waals surface area (Å²) < 4.78 is 55.3. The van der Waals surface area contributed by atoms with Gasteiger partial charge in [-0.05, 0) is 24.6 Å². The Morgan fingerprint density at radius 1 is 1.11 bits per heavy atom. The van der Waals surface area contributed by atoms with Crippen molar-refractivity contribution < 1.29 is 27.4 Å². The summed E-state index contributed by atoms with van der Waals surface area (Å²) in [7, 11) is 3.13. The molecule has 142 valence electrons. The molecule has 1 aliphatic heterocycles. The van der Waals surface area contributed by atoms with Crippen LogP contribution in [0.3, 0.4) is 0 Å². The lowest BCUT2D eigenvalue weighted by Crippen LogP contribution is -2.10. The van der Waals surface area contributed by atoms with Gasteiger partial charge in [0.2, 0.25) is 0 Å². The van der Waals surface area contributed by atoms with Crippen LogP contribution < -0.4 is 14.2 Å². The van der Waals surface area contributed by atoms with Crippen molar-refractivity contribution >= 4 is 5.76 Å². The fraction of sp³-hybridized carbons (Fsp3) is 0.238. The van der Waals surface area contributed by atoms with E-state index in [0.717, 1.165) is 23.3 Å². The SMILES string of the molecule is C=CCc1c(OC)cc(OC)c2c1OC(c1ccc(C(F)(F)F)cc1)=CC2. The Labute approximate surface area is 155 Å². The Balaban J connectivity index is 2.01. The van der Waals surface area contributed by atoms with Gasteiger partial charge < -0.3 is 14.2 Å². The average molecular weight is 376 g/mol. The van der Waals surface area contributed by atoms with Crippen LogP contribution in [-0.4, -0.2) is 14.2 Å². The van der Waals surface area contributed by atoms with Crippen LogP contribution in [-0.2, 0) is 19.0 Å². The molecule has 3 rings (SSSR count). The van der Waals surface area contributed by atoms with E-state index in [9.17, 15) is 13.2 Å². The second kappa shape index (κ2) is 7.39. The molecular weight excluding hydrogens is 357 g/mol. The van der Waals surface area contributed by atoms with E-state index in [2.05, 4.69) is 6.58 Å². The number of hydrogen-bond acceptors (Lipinski definition) is 3. The van der Waals surface area contributed by atoms with Crippen molar-refractivity contribution in [3.05, 3.63) is 71.3 Å². The molecule has 0 fully saturated rings. The number of allylic oxidation sites excluding steroid dienone is 2. The van der Waals surface area contributed by atoms with E-state index in [1.165, 1.54) is 12.1 Å². The van der Waals surface area contributed by atoms with Crippen LogP contribution in [0.1, 0.15) is 22.3 Å². The van der Waals surface area contributed by atoms with Gasteiger partial charge in [-0.15, -0.1) is 6.58 Å². The summed E-state index contributed by atoms with van der Waals surface area (Å²) in [6, 6.07) is 6.71. The van der Waals surface area contributed by atoms with Gasteiger partial charge >= 0.3 is 6.18 Å². The minimum Gasteiger partial charge on any atom is -0.496 e. The maximum Gasteiger partial charge on any atom is 0.416 e. The van der Waals surface area contributed by atoms with E-state index >= 15 is 0 Å². The van der Waals surface area contributed by atoms with Crippen LogP contribution >= 0.6 is 0 Å². The molecule has 0 atom stereocenters. The van der Waals surface area contributed by atoms with E-state index in [0.29, 0.717) is 41.4 Å². The molecule has 0 aromatic heterocycles. The van der Waals surface area contributed by atoms with Crippen LogP contribution in [0.25, 0.3) is 5.76 Å². The monoisotopic (exact) mass is 376 g/mol. The highest BCUT2D eigenvalue weighted by Gasteiger charge is 2.30. The van der Waals surface area contributed by atoms with Gasteiger partial charge in [-0.3, -0.25) is 0 Å². The van der Waals surface area contributed by atoms with Crippen LogP contribution in [0, 0.1) is 0 Å². The number of hydrogen-bond donors (Lipinski definition) is 0. The molecule has 0 aliphatic carbocycles. The molecule has 2 aromatic carbocycles. The lowest BCUT2D eigenvalue weighted by molar-refractivity contribution is -0.137. The number of ether oxygens (including phenoxy) is 3. The van der Waals surface area contributed by atoms with Crippen molar-refractivity contribution in [2.45, 2.75) is 19.0 Å². The lowest BCUT2D eigenvalue weighted by atomic mass is 9.97. The molecule has 1 heterocycles. The van der Waals surface area contributed by atoms with Gasteiger partial charge in [-0.2, -0.15) is 13.2 Å². The van der Waals surface area contributed by atoms with Crippen molar-refractivity contribution in [2.24, 2.45) is 0 Å². The highest BCUT2D eigenvalue weighted by molar-refractivity contribution is 5.70. The molecule has 0 saturated heterocycles. The first-order chi connectivity index (χ1) is 12.9. The Morgan fingerprint density at radius 3 is 2.33 bits per heavy atom. The third kappa shape index (κ3) is 3.65. The molecule has 0 saturated carbocycles. The average Bonchev–Trinajstić information content (AvgIpc) is 2.67. The summed E-state index contributed by atoms with van der Waals surface area (Å²) in [5.41, 5.74) is 1.56. The molecule has 0 unspecified atom stereocenters. The van der Waals surface area contributed by atoms with E-state index in [1.54, 1.807) is 26.4 Å².